The molecular formula is C14H20F6O2. The Balaban J connectivity index is 2.40. The lowest BCUT2D eigenvalue weighted by Crippen LogP contribution is -2.44. The maximum Gasteiger partial charge on any atom is 0.428 e. The van der Waals surface area contributed by atoms with Crippen LogP contribution in [0.15, 0.2) is 12.8 Å². The Labute approximate surface area is 125 Å². The molecule has 0 heterocycles. The predicted molar refractivity (Wildman–Crippen MR) is 68.0 cm³/mol. The molecule has 2 atom stereocenters. The van der Waals surface area contributed by atoms with E-state index >= 15 is 0 Å². The van der Waals surface area contributed by atoms with Gasteiger partial charge in [0, 0.05) is 0 Å². The van der Waals surface area contributed by atoms with Gasteiger partial charge < -0.3 is 9.47 Å². The molecule has 2 nitrogen and oxygen atoms in total. The third kappa shape index (κ3) is 5.37. The summed E-state index contributed by atoms with van der Waals surface area (Å²) in [6.07, 6.45) is -11.1. The van der Waals surface area contributed by atoms with Crippen LogP contribution in [0.4, 0.5) is 26.3 Å². The van der Waals surface area contributed by atoms with Crippen LogP contribution in [0.5, 0.6) is 0 Å². The van der Waals surface area contributed by atoms with Crippen molar-refractivity contribution in [3.63, 3.8) is 0 Å². The summed E-state index contributed by atoms with van der Waals surface area (Å²) in [5.74, 6) is -0.0719. The van der Waals surface area contributed by atoms with Crippen molar-refractivity contribution in [2.24, 2.45) is 11.8 Å². The van der Waals surface area contributed by atoms with Crippen molar-refractivity contribution in [1.82, 2.24) is 0 Å². The van der Waals surface area contributed by atoms with Gasteiger partial charge in [-0.1, -0.05) is 6.58 Å². The van der Waals surface area contributed by atoms with E-state index < -0.39 is 25.1 Å². The standard InChI is InChI=1S/C14H20F6O2/c1-3-21-9(2)11-6-4-10(5-7-11)8-22-14(19,20)12(15)13(16,17)18/h3,9-12H,1,4-8H2,2H3. The molecule has 0 amide bonds. The van der Waals surface area contributed by atoms with Gasteiger partial charge in [-0.2, -0.15) is 22.0 Å². The topological polar surface area (TPSA) is 18.5 Å². The summed E-state index contributed by atoms with van der Waals surface area (Å²) in [6, 6.07) is 0. The van der Waals surface area contributed by atoms with Crippen LogP contribution in [0.25, 0.3) is 0 Å². The van der Waals surface area contributed by atoms with Crippen molar-refractivity contribution < 1.29 is 35.8 Å². The third-order valence-electron chi connectivity index (χ3n) is 3.96. The smallest absolute Gasteiger partial charge is 0.428 e. The first-order chi connectivity index (χ1) is 10.1. The number of ether oxygens (including phenoxy) is 2. The van der Waals surface area contributed by atoms with Crippen LogP contribution in [0, 0.1) is 11.8 Å². The van der Waals surface area contributed by atoms with Gasteiger partial charge in [-0.3, -0.25) is 0 Å². The first kappa shape index (κ1) is 19.1. The van der Waals surface area contributed by atoms with E-state index in [1.807, 2.05) is 6.92 Å². The molecule has 0 aromatic carbocycles. The van der Waals surface area contributed by atoms with Crippen molar-refractivity contribution in [1.29, 1.82) is 0 Å². The maximum absolute atomic E-state index is 13.0. The molecule has 1 aliphatic carbocycles. The van der Waals surface area contributed by atoms with E-state index in [0.717, 1.165) is 0 Å². The number of halogens is 6. The Morgan fingerprint density at radius 1 is 1.14 bits per heavy atom. The van der Waals surface area contributed by atoms with Crippen molar-refractivity contribution in [3.8, 4) is 0 Å². The molecule has 0 N–H and O–H groups in total. The van der Waals surface area contributed by atoms with Crippen molar-refractivity contribution in [2.75, 3.05) is 6.61 Å². The lowest BCUT2D eigenvalue weighted by Gasteiger charge is -2.32. The minimum Gasteiger partial charge on any atom is -0.499 e. The molecule has 130 valence electrons. The molecule has 1 rings (SSSR count). The highest BCUT2D eigenvalue weighted by Gasteiger charge is 2.58. The second kappa shape index (κ2) is 7.57. The monoisotopic (exact) mass is 334 g/mol. The lowest BCUT2D eigenvalue weighted by molar-refractivity contribution is -0.338. The summed E-state index contributed by atoms with van der Waals surface area (Å²) in [6.45, 7) is 4.73. The predicted octanol–water partition coefficient (Wildman–Crippen LogP) is 4.85. The van der Waals surface area contributed by atoms with E-state index in [9.17, 15) is 26.3 Å². The van der Waals surface area contributed by atoms with Crippen LogP contribution in [-0.2, 0) is 9.47 Å². The highest BCUT2D eigenvalue weighted by atomic mass is 19.4. The number of hydrogen-bond acceptors (Lipinski definition) is 2. The minimum absolute atomic E-state index is 0.0544. The Morgan fingerprint density at radius 3 is 2.14 bits per heavy atom. The zero-order chi connectivity index (χ0) is 17.0. The zero-order valence-corrected chi connectivity index (χ0v) is 12.2. The molecule has 0 spiro atoms. The van der Waals surface area contributed by atoms with E-state index in [0.29, 0.717) is 25.7 Å². The van der Waals surface area contributed by atoms with Gasteiger partial charge in [0.2, 0.25) is 0 Å². The summed E-state index contributed by atoms with van der Waals surface area (Å²) < 4.78 is 83.8. The van der Waals surface area contributed by atoms with Gasteiger partial charge in [-0.15, -0.1) is 0 Å². The fourth-order valence-corrected chi connectivity index (χ4v) is 2.58. The average molecular weight is 334 g/mol. The Bertz CT molecular complexity index is 350. The fourth-order valence-electron chi connectivity index (χ4n) is 2.58. The van der Waals surface area contributed by atoms with Crippen LogP contribution < -0.4 is 0 Å². The molecule has 1 aliphatic rings. The van der Waals surface area contributed by atoms with Gasteiger partial charge >= 0.3 is 12.3 Å². The van der Waals surface area contributed by atoms with E-state index in [1.165, 1.54) is 6.26 Å². The molecule has 8 heteroatoms. The zero-order valence-electron chi connectivity index (χ0n) is 12.2. The highest BCUT2D eigenvalue weighted by molar-refractivity contribution is 4.79. The second-order valence-corrected chi connectivity index (χ2v) is 5.57. The lowest BCUT2D eigenvalue weighted by atomic mass is 9.80. The summed E-state index contributed by atoms with van der Waals surface area (Å²) in [4.78, 5) is 0. The van der Waals surface area contributed by atoms with Crippen LogP contribution in [-0.4, -0.2) is 31.2 Å². The second-order valence-electron chi connectivity index (χ2n) is 5.57. The van der Waals surface area contributed by atoms with Gasteiger partial charge in [-0.25, -0.2) is 4.39 Å². The molecule has 0 radical (unpaired) electrons. The van der Waals surface area contributed by atoms with Crippen molar-refractivity contribution in [3.05, 3.63) is 12.8 Å². The van der Waals surface area contributed by atoms with Gasteiger partial charge in [0.25, 0.3) is 6.17 Å². The molecular weight excluding hydrogens is 314 g/mol. The van der Waals surface area contributed by atoms with E-state index in [4.69, 9.17) is 4.74 Å². The van der Waals surface area contributed by atoms with Gasteiger partial charge in [0.1, 0.15) is 0 Å². The molecule has 0 aromatic heterocycles. The molecule has 0 bridgehead atoms. The number of rotatable bonds is 7. The SMILES string of the molecule is C=COC(C)C1CCC(COC(F)(F)C(F)C(F)(F)F)CC1. The normalized spacial score (nSPS) is 26.3. The van der Waals surface area contributed by atoms with Crippen LogP contribution in [0.2, 0.25) is 0 Å². The largest absolute Gasteiger partial charge is 0.499 e. The Hall–Kier alpha value is -0.920. The third-order valence-corrected chi connectivity index (χ3v) is 3.96. The molecule has 1 fully saturated rings. The molecule has 0 aliphatic heterocycles. The van der Waals surface area contributed by atoms with Crippen molar-refractivity contribution >= 4 is 0 Å². The molecule has 22 heavy (non-hydrogen) atoms. The Kier molecular flexibility index (Phi) is 6.58. The van der Waals surface area contributed by atoms with E-state index in [1.54, 1.807) is 0 Å². The quantitative estimate of drug-likeness (QED) is 0.489. The van der Waals surface area contributed by atoms with Crippen molar-refractivity contribution in [2.45, 2.75) is 57.2 Å². The summed E-state index contributed by atoms with van der Waals surface area (Å²) in [5.41, 5.74) is 0. The maximum atomic E-state index is 13.0. The number of alkyl halides is 6. The van der Waals surface area contributed by atoms with Gasteiger partial charge in [0.15, 0.2) is 0 Å². The van der Waals surface area contributed by atoms with Gasteiger partial charge in [-0.05, 0) is 44.4 Å². The van der Waals surface area contributed by atoms with Crippen LogP contribution >= 0.6 is 0 Å². The molecule has 0 aromatic rings. The fraction of sp³-hybridized carbons (Fsp3) is 0.857. The van der Waals surface area contributed by atoms with Gasteiger partial charge in [0.05, 0.1) is 19.0 Å². The molecule has 1 saturated carbocycles. The Morgan fingerprint density at radius 2 is 1.68 bits per heavy atom. The van der Waals surface area contributed by atoms with E-state index in [2.05, 4.69) is 11.3 Å². The number of hydrogen-bond donors (Lipinski definition) is 0. The molecule has 0 saturated heterocycles. The summed E-state index contributed by atoms with van der Waals surface area (Å²) in [5, 5.41) is 0. The van der Waals surface area contributed by atoms with E-state index in [-0.39, 0.29) is 17.9 Å². The highest BCUT2D eigenvalue weighted by Crippen LogP contribution is 2.38. The average Bonchev–Trinajstić information content (AvgIpc) is 2.44. The van der Waals surface area contributed by atoms with Crippen LogP contribution in [0.3, 0.4) is 0 Å². The minimum atomic E-state index is -5.64. The first-order valence-corrected chi connectivity index (χ1v) is 7.06. The summed E-state index contributed by atoms with van der Waals surface area (Å²) in [7, 11) is 0. The first-order valence-electron chi connectivity index (χ1n) is 7.06. The molecule has 2 unspecified atom stereocenters. The summed E-state index contributed by atoms with van der Waals surface area (Å²) >= 11 is 0. The van der Waals surface area contributed by atoms with Crippen LogP contribution in [0.1, 0.15) is 32.6 Å².